The molecule has 0 fully saturated rings. The average Bonchev–Trinajstić information content (AvgIpc) is 2.19. The standard InChI is InChI=1S/C12H20N2O/c1-9-7-11(13)8-10(12(9)14)5-3-4-6-15-2/h7-8H,3-6,13-14H2,1-2H3. The minimum absolute atomic E-state index is 0.795. The van der Waals surface area contributed by atoms with E-state index < -0.39 is 0 Å². The second kappa shape index (κ2) is 5.61. The molecule has 0 atom stereocenters. The Morgan fingerprint density at radius 3 is 2.60 bits per heavy atom. The summed E-state index contributed by atoms with van der Waals surface area (Å²) in [7, 11) is 1.72. The zero-order chi connectivity index (χ0) is 11.3. The fourth-order valence-electron chi connectivity index (χ4n) is 1.67. The van der Waals surface area contributed by atoms with E-state index in [1.807, 2.05) is 19.1 Å². The van der Waals surface area contributed by atoms with E-state index in [4.69, 9.17) is 16.2 Å². The largest absolute Gasteiger partial charge is 0.399 e. The van der Waals surface area contributed by atoms with Crippen molar-refractivity contribution in [2.45, 2.75) is 26.2 Å². The second-order valence-electron chi connectivity index (χ2n) is 3.86. The molecule has 0 saturated heterocycles. The maximum absolute atomic E-state index is 5.98. The minimum Gasteiger partial charge on any atom is -0.399 e. The first-order valence-electron chi connectivity index (χ1n) is 5.28. The van der Waals surface area contributed by atoms with E-state index in [1.165, 1.54) is 0 Å². The predicted molar refractivity (Wildman–Crippen MR) is 64.8 cm³/mol. The molecule has 0 amide bonds. The molecule has 0 spiro atoms. The van der Waals surface area contributed by atoms with Gasteiger partial charge in [-0.25, -0.2) is 0 Å². The van der Waals surface area contributed by atoms with Crippen LogP contribution in [0.5, 0.6) is 0 Å². The van der Waals surface area contributed by atoms with Gasteiger partial charge in [0.05, 0.1) is 0 Å². The normalized spacial score (nSPS) is 10.5. The van der Waals surface area contributed by atoms with Crippen molar-refractivity contribution in [3.63, 3.8) is 0 Å². The highest BCUT2D eigenvalue weighted by atomic mass is 16.5. The molecule has 15 heavy (non-hydrogen) atoms. The van der Waals surface area contributed by atoms with Gasteiger partial charge in [-0.3, -0.25) is 0 Å². The van der Waals surface area contributed by atoms with E-state index >= 15 is 0 Å². The molecule has 0 saturated carbocycles. The van der Waals surface area contributed by atoms with Crippen molar-refractivity contribution < 1.29 is 4.74 Å². The molecule has 0 heterocycles. The smallest absolute Gasteiger partial charge is 0.0462 e. The molecule has 0 aromatic heterocycles. The van der Waals surface area contributed by atoms with Crippen LogP contribution in [0.25, 0.3) is 0 Å². The van der Waals surface area contributed by atoms with E-state index in [0.717, 1.165) is 48.4 Å². The zero-order valence-corrected chi connectivity index (χ0v) is 9.55. The van der Waals surface area contributed by atoms with Crippen LogP contribution in [0.1, 0.15) is 24.0 Å². The quantitative estimate of drug-likeness (QED) is 0.575. The van der Waals surface area contributed by atoms with Crippen molar-refractivity contribution in [1.82, 2.24) is 0 Å². The van der Waals surface area contributed by atoms with Crippen LogP contribution in [0.3, 0.4) is 0 Å². The van der Waals surface area contributed by atoms with Gasteiger partial charge in [0.2, 0.25) is 0 Å². The number of hydrogen-bond donors (Lipinski definition) is 2. The Morgan fingerprint density at radius 1 is 1.20 bits per heavy atom. The Kier molecular flexibility index (Phi) is 4.43. The molecule has 1 aromatic carbocycles. The number of hydrogen-bond acceptors (Lipinski definition) is 3. The molecule has 0 aliphatic carbocycles. The van der Waals surface area contributed by atoms with Gasteiger partial charge in [-0.2, -0.15) is 0 Å². The number of anilines is 2. The Morgan fingerprint density at radius 2 is 1.93 bits per heavy atom. The summed E-state index contributed by atoms with van der Waals surface area (Å²) < 4.78 is 5.00. The SMILES string of the molecule is COCCCCc1cc(N)cc(C)c1N. The number of nitrogens with two attached hydrogens (primary N) is 2. The maximum Gasteiger partial charge on any atom is 0.0462 e. The highest BCUT2D eigenvalue weighted by Crippen LogP contribution is 2.22. The fourth-order valence-corrected chi connectivity index (χ4v) is 1.67. The molecule has 3 heteroatoms. The van der Waals surface area contributed by atoms with Crippen LogP contribution in [0.4, 0.5) is 11.4 Å². The Bertz CT molecular complexity index is 324. The number of unbranched alkanes of at least 4 members (excludes halogenated alkanes) is 1. The summed E-state index contributed by atoms with van der Waals surface area (Å²) in [5.41, 5.74) is 15.7. The second-order valence-corrected chi connectivity index (χ2v) is 3.86. The van der Waals surface area contributed by atoms with Crippen LogP contribution < -0.4 is 11.5 Å². The van der Waals surface area contributed by atoms with Gasteiger partial charge in [-0.05, 0) is 49.4 Å². The van der Waals surface area contributed by atoms with Gasteiger partial charge in [0.15, 0.2) is 0 Å². The summed E-state index contributed by atoms with van der Waals surface area (Å²) in [6.07, 6.45) is 3.12. The Balaban J connectivity index is 2.60. The van der Waals surface area contributed by atoms with Crippen molar-refractivity contribution in [3.05, 3.63) is 23.3 Å². The molecule has 0 radical (unpaired) electrons. The van der Waals surface area contributed by atoms with Gasteiger partial charge in [0.1, 0.15) is 0 Å². The lowest BCUT2D eigenvalue weighted by Crippen LogP contribution is -2.00. The summed E-state index contributed by atoms with van der Waals surface area (Å²) in [4.78, 5) is 0. The van der Waals surface area contributed by atoms with Crippen LogP contribution in [-0.2, 0) is 11.2 Å². The zero-order valence-electron chi connectivity index (χ0n) is 9.55. The highest BCUT2D eigenvalue weighted by molar-refractivity contribution is 5.60. The summed E-state index contributed by atoms with van der Waals surface area (Å²) in [6.45, 7) is 2.80. The van der Waals surface area contributed by atoms with Crippen molar-refractivity contribution in [1.29, 1.82) is 0 Å². The Labute approximate surface area is 91.4 Å². The number of benzene rings is 1. The van der Waals surface area contributed by atoms with E-state index in [0.29, 0.717) is 0 Å². The monoisotopic (exact) mass is 208 g/mol. The van der Waals surface area contributed by atoms with Crippen molar-refractivity contribution in [3.8, 4) is 0 Å². The number of nitrogen functional groups attached to an aromatic ring is 2. The number of rotatable bonds is 5. The molecule has 84 valence electrons. The fraction of sp³-hybridized carbons (Fsp3) is 0.500. The van der Waals surface area contributed by atoms with E-state index in [-0.39, 0.29) is 0 Å². The van der Waals surface area contributed by atoms with Gasteiger partial charge in [-0.15, -0.1) is 0 Å². The summed E-state index contributed by atoms with van der Waals surface area (Å²) >= 11 is 0. The highest BCUT2D eigenvalue weighted by Gasteiger charge is 2.03. The molecular formula is C12H20N2O. The molecule has 1 rings (SSSR count). The summed E-state index contributed by atoms with van der Waals surface area (Å²) in [5, 5.41) is 0. The third-order valence-corrected chi connectivity index (χ3v) is 2.54. The molecule has 3 nitrogen and oxygen atoms in total. The van der Waals surface area contributed by atoms with E-state index in [2.05, 4.69) is 0 Å². The number of ether oxygens (including phenoxy) is 1. The van der Waals surface area contributed by atoms with Crippen LogP contribution in [0.2, 0.25) is 0 Å². The maximum atomic E-state index is 5.98. The summed E-state index contributed by atoms with van der Waals surface area (Å²) in [6, 6.07) is 3.88. The van der Waals surface area contributed by atoms with Crippen LogP contribution in [0, 0.1) is 6.92 Å². The molecule has 4 N–H and O–H groups in total. The van der Waals surface area contributed by atoms with Gasteiger partial charge < -0.3 is 16.2 Å². The van der Waals surface area contributed by atoms with Gasteiger partial charge in [-0.1, -0.05) is 0 Å². The van der Waals surface area contributed by atoms with Crippen LogP contribution in [-0.4, -0.2) is 13.7 Å². The van der Waals surface area contributed by atoms with Gasteiger partial charge in [0.25, 0.3) is 0 Å². The first kappa shape index (κ1) is 11.9. The van der Waals surface area contributed by atoms with Gasteiger partial charge in [0, 0.05) is 25.1 Å². The lowest BCUT2D eigenvalue weighted by atomic mass is 10.0. The molecule has 1 aromatic rings. The Hall–Kier alpha value is -1.22. The lowest BCUT2D eigenvalue weighted by Gasteiger charge is -2.09. The van der Waals surface area contributed by atoms with Crippen molar-refractivity contribution in [2.75, 3.05) is 25.2 Å². The molecule has 0 aliphatic rings. The van der Waals surface area contributed by atoms with E-state index in [1.54, 1.807) is 7.11 Å². The van der Waals surface area contributed by atoms with Crippen LogP contribution in [0.15, 0.2) is 12.1 Å². The van der Waals surface area contributed by atoms with Gasteiger partial charge >= 0.3 is 0 Å². The number of aryl methyl sites for hydroxylation is 2. The van der Waals surface area contributed by atoms with Crippen molar-refractivity contribution in [2.24, 2.45) is 0 Å². The predicted octanol–water partition coefficient (Wildman–Crippen LogP) is 2.13. The average molecular weight is 208 g/mol. The lowest BCUT2D eigenvalue weighted by molar-refractivity contribution is 0.193. The summed E-state index contributed by atoms with van der Waals surface area (Å²) in [5.74, 6) is 0. The van der Waals surface area contributed by atoms with E-state index in [9.17, 15) is 0 Å². The third-order valence-electron chi connectivity index (χ3n) is 2.54. The molecular weight excluding hydrogens is 188 g/mol. The number of methoxy groups -OCH3 is 1. The van der Waals surface area contributed by atoms with Crippen molar-refractivity contribution >= 4 is 11.4 Å². The first-order valence-corrected chi connectivity index (χ1v) is 5.28. The van der Waals surface area contributed by atoms with Crippen LogP contribution >= 0.6 is 0 Å². The topological polar surface area (TPSA) is 61.3 Å². The molecule has 0 aliphatic heterocycles. The first-order chi connectivity index (χ1) is 7.15. The minimum atomic E-state index is 0.795. The third kappa shape index (κ3) is 3.44. The molecule has 0 unspecified atom stereocenters. The molecule has 0 bridgehead atoms.